The molecule has 0 unspecified atom stereocenters. The molecule has 4 heteroatoms. The van der Waals surface area contributed by atoms with Crippen molar-refractivity contribution in [2.75, 3.05) is 33.8 Å². The Labute approximate surface area is 127 Å². The molecule has 0 amide bonds. The van der Waals surface area contributed by atoms with Gasteiger partial charge in [0.15, 0.2) is 0 Å². The molecule has 0 saturated carbocycles. The lowest BCUT2D eigenvalue weighted by molar-refractivity contribution is 0.256. The molecule has 0 aliphatic heterocycles. The summed E-state index contributed by atoms with van der Waals surface area (Å²) in [6.45, 7) is 5.48. The zero-order valence-electron chi connectivity index (χ0n) is 13.2. The van der Waals surface area contributed by atoms with Gasteiger partial charge in [-0.2, -0.15) is 0 Å². The Morgan fingerprint density at radius 1 is 1.24 bits per heavy atom. The molecule has 2 rings (SSSR count). The maximum atomic E-state index is 5.90. The number of nitrogens with one attached hydrogen (secondary N) is 1. The molecule has 1 aromatic heterocycles. The van der Waals surface area contributed by atoms with E-state index in [4.69, 9.17) is 4.74 Å². The maximum Gasteiger partial charge on any atom is 0.221 e. The largest absolute Gasteiger partial charge is 0.476 e. The molecule has 114 valence electrons. The van der Waals surface area contributed by atoms with Crippen LogP contribution >= 0.6 is 0 Å². The Hall–Kier alpha value is -1.65. The van der Waals surface area contributed by atoms with Crippen LogP contribution in [0.5, 0.6) is 5.88 Å². The minimum absolute atomic E-state index is 0.649. The van der Waals surface area contributed by atoms with Crippen LogP contribution in [0.1, 0.15) is 19.0 Å². The lowest BCUT2D eigenvalue weighted by Crippen LogP contribution is -2.20. The van der Waals surface area contributed by atoms with E-state index in [0.29, 0.717) is 6.61 Å². The van der Waals surface area contributed by atoms with Crippen LogP contribution in [0, 0.1) is 0 Å². The Bertz CT molecular complexity index is 569. The summed E-state index contributed by atoms with van der Waals surface area (Å²) in [5.74, 6) is 0.739. The number of aromatic nitrogens is 1. The molecular formula is C17H25N3O. The molecule has 21 heavy (non-hydrogen) atoms. The second-order valence-electron chi connectivity index (χ2n) is 5.47. The second kappa shape index (κ2) is 7.96. The van der Waals surface area contributed by atoms with Crippen molar-refractivity contribution in [1.82, 2.24) is 15.2 Å². The van der Waals surface area contributed by atoms with E-state index < -0.39 is 0 Å². The van der Waals surface area contributed by atoms with Crippen molar-refractivity contribution in [2.24, 2.45) is 0 Å². The molecule has 0 spiro atoms. The lowest BCUT2D eigenvalue weighted by Gasteiger charge is -2.13. The summed E-state index contributed by atoms with van der Waals surface area (Å²) in [5.41, 5.74) is 1.03. The lowest BCUT2D eigenvalue weighted by atomic mass is 10.1. The smallest absolute Gasteiger partial charge is 0.221 e. The van der Waals surface area contributed by atoms with Crippen LogP contribution in [0.4, 0.5) is 0 Å². The summed E-state index contributed by atoms with van der Waals surface area (Å²) in [6.07, 6.45) is 1.12. The van der Waals surface area contributed by atoms with E-state index in [1.165, 1.54) is 5.39 Å². The van der Waals surface area contributed by atoms with Gasteiger partial charge in [-0.3, -0.25) is 0 Å². The summed E-state index contributed by atoms with van der Waals surface area (Å²) in [5, 5.41) is 5.65. The van der Waals surface area contributed by atoms with Gasteiger partial charge in [-0.25, -0.2) is 4.98 Å². The van der Waals surface area contributed by atoms with Gasteiger partial charge in [0.2, 0.25) is 5.88 Å². The normalized spacial score (nSPS) is 11.2. The van der Waals surface area contributed by atoms with Crippen molar-refractivity contribution in [3.05, 3.63) is 36.0 Å². The molecule has 0 radical (unpaired) electrons. The van der Waals surface area contributed by atoms with Crippen LogP contribution in [0.25, 0.3) is 10.8 Å². The fourth-order valence-electron chi connectivity index (χ4n) is 2.14. The molecule has 0 atom stereocenters. The number of fused-ring (bicyclic) bond motifs is 1. The predicted octanol–water partition coefficient (Wildman–Crippen LogP) is 2.67. The van der Waals surface area contributed by atoms with Gasteiger partial charge in [-0.1, -0.05) is 25.1 Å². The standard InChI is InChI=1S/C17H25N3O/c1-4-9-18-13-15-12-14-7-5-6-8-16(14)17(19-15)21-11-10-20(2)3/h5-8,12,18H,4,9-11,13H2,1-3H3. The van der Waals surface area contributed by atoms with Gasteiger partial charge < -0.3 is 15.0 Å². The fraction of sp³-hybridized carbons (Fsp3) is 0.471. The van der Waals surface area contributed by atoms with Crippen LogP contribution in [-0.2, 0) is 6.54 Å². The highest BCUT2D eigenvalue weighted by Crippen LogP contribution is 2.24. The third-order valence-corrected chi connectivity index (χ3v) is 3.27. The van der Waals surface area contributed by atoms with Gasteiger partial charge in [0.25, 0.3) is 0 Å². The Morgan fingerprint density at radius 3 is 2.81 bits per heavy atom. The molecule has 4 nitrogen and oxygen atoms in total. The van der Waals surface area contributed by atoms with Gasteiger partial charge in [-0.05, 0) is 44.6 Å². The van der Waals surface area contributed by atoms with Crippen LogP contribution in [0.2, 0.25) is 0 Å². The van der Waals surface area contributed by atoms with Gasteiger partial charge in [-0.15, -0.1) is 0 Å². The van der Waals surface area contributed by atoms with Crippen molar-refractivity contribution in [1.29, 1.82) is 0 Å². The van der Waals surface area contributed by atoms with Crippen LogP contribution in [-0.4, -0.2) is 43.7 Å². The number of likely N-dealkylation sites (N-methyl/N-ethyl adjacent to an activating group) is 1. The highest BCUT2D eigenvalue weighted by molar-refractivity contribution is 5.87. The number of hydrogen-bond donors (Lipinski definition) is 1. The average Bonchev–Trinajstić information content (AvgIpc) is 2.47. The van der Waals surface area contributed by atoms with Gasteiger partial charge in [0.1, 0.15) is 6.61 Å². The first-order valence-corrected chi connectivity index (χ1v) is 7.57. The van der Waals surface area contributed by atoms with Gasteiger partial charge in [0.05, 0.1) is 5.69 Å². The Morgan fingerprint density at radius 2 is 2.05 bits per heavy atom. The van der Waals surface area contributed by atoms with E-state index in [-0.39, 0.29) is 0 Å². The highest BCUT2D eigenvalue weighted by atomic mass is 16.5. The number of ether oxygens (including phenoxy) is 1. The first-order chi connectivity index (χ1) is 10.2. The summed E-state index contributed by atoms with van der Waals surface area (Å²) in [4.78, 5) is 6.77. The number of benzene rings is 1. The van der Waals surface area contributed by atoms with Crippen molar-refractivity contribution in [3.63, 3.8) is 0 Å². The molecule has 2 aromatic rings. The molecule has 0 saturated heterocycles. The third kappa shape index (κ3) is 4.69. The zero-order valence-corrected chi connectivity index (χ0v) is 13.2. The van der Waals surface area contributed by atoms with Gasteiger partial charge in [0, 0.05) is 18.5 Å². The predicted molar refractivity (Wildman–Crippen MR) is 87.8 cm³/mol. The molecule has 0 aliphatic carbocycles. The zero-order chi connectivity index (χ0) is 15.1. The van der Waals surface area contributed by atoms with E-state index in [9.17, 15) is 0 Å². The summed E-state index contributed by atoms with van der Waals surface area (Å²) in [6, 6.07) is 10.4. The minimum atomic E-state index is 0.649. The van der Waals surface area contributed by atoms with Crippen molar-refractivity contribution < 1.29 is 4.74 Å². The summed E-state index contributed by atoms with van der Waals surface area (Å²) < 4.78 is 5.90. The van der Waals surface area contributed by atoms with E-state index in [1.54, 1.807) is 0 Å². The summed E-state index contributed by atoms with van der Waals surface area (Å²) >= 11 is 0. The Balaban J connectivity index is 2.18. The third-order valence-electron chi connectivity index (χ3n) is 3.27. The van der Waals surface area contributed by atoms with Gasteiger partial charge >= 0.3 is 0 Å². The second-order valence-corrected chi connectivity index (χ2v) is 5.47. The molecule has 0 aliphatic rings. The molecule has 1 aromatic carbocycles. The topological polar surface area (TPSA) is 37.4 Å². The number of rotatable bonds is 8. The average molecular weight is 287 g/mol. The summed E-state index contributed by atoms with van der Waals surface area (Å²) in [7, 11) is 4.08. The van der Waals surface area contributed by atoms with Crippen molar-refractivity contribution in [3.8, 4) is 5.88 Å². The van der Waals surface area contributed by atoms with E-state index >= 15 is 0 Å². The highest BCUT2D eigenvalue weighted by Gasteiger charge is 2.07. The number of nitrogens with zero attached hydrogens (tertiary/aromatic N) is 2. The van der Waals surface area contributed by atoms with Crippen molar-refractivity contribution in [2.45, 2.75) is 19.9 Å². The molecule has 0 bridgehead atoms. The van der Waals surface area contributed by atoms with E-state index in [2.05, 4.69) is 46.4 Å². The number of pyridine rings is 1. The first kappa shape index (κ1) is 15.7. The first-order valence-electron chi connectivity index (χ1n) is 7.57. The quantitative estimate of drug-likeness (QED) is 0.758. The van der Waals surface area contributed by atoms with E-state index in [1.807, 2.05) is 20.2 Å². The SMILES string of the molecule is CCCNCc1cc2ccccc2c(OCCN(C)C)n1. The molecule has 1 N–H and O–H groups in total. The molecule has 0 fully saturated rings. The monoisotopic (exact) mass is 287 g/mol. The minimum Gasteiger partial charge on any atom is -0.476 e. The van der Waals surface area contributed by atoms with E-state index in [0.717, 1.165) is 43.0 Å². The molecule has 1 heterocycles. The Kier molecular flexibility index (Phi) is 5.96. The number of hydrogen-bond acceptors (Lipinski definition) is 4. The fourth-order valence-corrected chi connectivity index (χ4v) is 2.14. The van der Waals surface area contributed by atoms with Crippen LogP contribution < -0.4 is 10.1 Å². The van der Waals surface area contributed by atoms with Crippen LogP contribution in [0.3, 0.4) is 0 Å². The van der Waals surface area contributed by atoms with Crippen LogP contribution in [0.15, 0.2) is 30.3 Å². The maximum absolute atomic E-state index is 5.90. The molecular weight excluding hydrogens is 262 g/mol. The van der Waals surface area contributed by atoms with Crippen molar-refractivity contribution >= 4 is 10.8 Å².